The van der Waals surface area contributed by atoms with Crippen LogP contribution in [0.4, 0.5) is 8.78 Å². The highest BCUT2D eigenvalue weighted by molar-refractivity contribution is 6.04. The van der Waals surface area contributed by atoms with E-state index in [2.05, 4.69) is 0 Å². The number of aliphatic hydroxyl groups excluding tert-OH is 1. The Morgan fingerprint density at radius 2 is 1.84 bits per heavy atom. The summed E-state index contributed by atoms with van der Waals surface area (Å²) in [4.78, 5) is 50.7. The first kappa shape index (κ1) is 28.6. The molecule has 0 heterocycles. The zero-order valence-corrected chi connectivity index (χ0v) is 22.8. The van der Waals surface area contributed by atoms with E-state index < -0.39 is 81.9 Å². The number of fused-ring (bicyclic) bond motifs is 5. The SMILES string of the molecule is CCCC(=O)OCC(=O)[C@@]1(OC(=O)CC)[C@H](C)C[C@H]2[C@@H]3CCC4=C(F)C(=O)C=C[C@]4(C)[C@@]3(F)[C@@H](O)C[C@@]21C. The number of alkyl halides is 1. The van der Waals surface area contributed by atoms with E-state index in [0.717, 1.165) is 6.08 Å². The minimum Gasteiger partial charge on any atom is -0.457 e. The zero-order valence-electron chi connectivity index (χ0n) is 22.8. The van der Waals surface area contributed by atoms with Gasteiger partial charge < -0.3 is 14.6 Å². The van der Waals surface area contributed by atoms with Crippen molar-refractivity contribution in [2.75, 3.05) is 6.61 Å². The molecule has 0 aliphatic heterocycles. The highest BCUT2D eigenvalue weighted by Crippen LogP contribution is 2.71. The number of hydrogen-bond acceptors (Lipinski definition) is 7. The van der Waals surface area contributed by atoms with E-state index in [1.54, 1.807) is 27.7 Å². The first-order chi connectivity index (χ1) is 17.7. The van der Waals surface area contributed by atoms with Gasteiger partial charge in [0.25, 0.3) is 0 Å². The van der Waals surface area contributed by atoms with Gasteiger partial charge in [0.05, 0.1) is 6.10 Å². The number of esters is 2. The summed E-state index contributed by atoms with van der Waals surface area (Å²) in [5, 5.41) is 11.5. The molecule has 0 aromatic heterocycles. The third kappa shape index (κ3) is 3.67. The molecule has 9 heteroatoms. The number of Topliss-reactive ketones (excluding diaryl/α,β-unsaturated/α-hetero) is 1. The van der Waals surface area contributed by atoms with Crippen molar-refractivity contribution in [1.29, 1.82) is 0 Å². The fraction of sp³-hybridized carbons (Fsp3) is 0.724. The molecular formula is C29H38F2O7. The lowest BCUT2D eigenvalue weighted by Crippen LogP contribution is -2.70. The number of ketones is 2. The highest BCUT2D eigenvalue weighted by Gasteiger charge is 2.77. The van der Waals surface area contributed by atoms with Crippen molar-refractivity contribution >= 4 is 23.5 Å². The van der Waals surface area contributed by atoms with Gasteiger partial charge in [0.1, 0.15) is 0 Å². The molecule has 7 nitrogen and oxygen atoms in total. The van der Waals surface area contributed by atoms with Crippen molar-refractivity contribution in [2.45, 2.75) is 96.9 Å². The van der Waals surface area contributed by atoms with Crippen molar-refractivity contribution in [3.63, 3.8) is 0 Å². The second-order valence-corrected chi connectivity index (χ2v) is 11.9. The lowest BCUT2D eigenvalue weighted by Gasteiger charge is -2.62. The maximum atomic E-state index is 17.4. The quantitative estimate of drug-likeness (QED) is 0.477. The molecule has 0 amide bonds. The third-order valence-electron chi connectivity index (χ3n) is 10.1. The van der Waals surface area contributed by atoms with Crippen LogP contribution in [0, 0.1) is 28.6 Å². The molecule has 0 saturated heterocycles. The van der Waals surface area contributed by atoms with Crippen LogP contribution in [0.2, 0.25) is 0 Å². The minimum absolute atomic E-state index is 0.00146. The van der Waals surface area contributed by atoms with Gasteiger partial charge in [0.2, 0.25) is 11.6 Å². The smallest absolute Gasteiger partial charge is 0.306 e. The Labute approximate surface area is 222 Å². The van der Waals surface area contributed by atoms with E-state index in [1.807, 2.05) is 0 Å². The molecule has 4 aliphatic carbocycles. The van der Waals surface area contributed by atoms with Crippen LogP contribution in [0.3, 0.4) is 0 Å². The summed E-state index contributed by atoms with van der Waals surface area (Å²) in [6, 6.07) is 0. The number of carbonyl (C=O) groups excluding carboxylic acids is 4. The number of allylic oxidation sites excluding steroid dienone is 4. The van der Waals surface area contributed by atoms with Gasteiger partial charge >= 0.3 is 11.9 Å². The lowest BCUT2D eigenvalue weighted by atomic mass is 9.44. The molecule has 0 radical (unpaired) electrons. The van der Waals surface area contributed by atoms with Crippen LogP contribution >= 0.6 is 0 Å². The molecule has 38 heavy (non-hydrogen) atoms. The van der Waals surface area contributed by atoms with Crippen LogP contribution in [0.15, 0.2) is 23.6 Å². The standard InChI is InChI=1S/C29H38F2O7/c1-6-8-24(36)37-15-22(34)29(38-23(35)7-2)16(3)13-19-17-9-10-18-25(30)20(32)11-12-26(18,4)28(17,31)21(33)14-27(19,29)5/h11-12,16-17,19,21,33H,6-10,13-15H2,1-5H3/t16-,17+,19+,21+,26+,27+,28+,29+/m1/s1. The van der Waals surface area contributed by atoms with Crippen molar-refractivity contribution < 1.29 is 42.5 Å². The second-order valence-electron chi connectivity index (χ2n) is 11.9. The maximum absolute atomic E-state index is 17.4. The molecule has 3 fully saturated rings. The maximum Gasteiger partial charge on any atom is 0.306 e. The predicted octanol–water partition coefficient (Wildman–Crippen LogP) is 4.50. The molecule has 0 unspecified atom stereocenters. The summed E-state index contributed by atoms with van der Waals surface area (Å²) in [5.74, 6) is -5.37. The van der Waals surface area contributed by atoms with Crippen molar-refractivity contribution in [1.82, 2.24) is 0 Å². The number of carbonyl (C=O) groups is 4. The Morgan fingerprint density at radius 1 is 1.16 bits per heavy atom. The van der Waals surface area contributed by atoms with Crippen LogP contribution in [0.5, 0.6) is 0 Å². The predicted molar refractivity (Wildman–Crippen MR) is 133 cm³/mol. The Bertz CT molecular complexity index is 1110. The van der Waals surface area contributed by atoms with Crippen LogP contribution < -0.4 is 0 Å². The van der Waals surface area contributed by atoms with E-state index in [0.29, 0.717) is 12.8 Å². The van der Waals surface area contributed by atoms with E-state index in [9.17, 15) is 28.7 Å². The van der Waals surface area contributed by atoms with Crippen molar-refractivity contribution in [3.05, 3.63) is 23.6 Å². The molecule has 210 valence electrons. The largest absolute Gasteiger partial charge is 0.457 e. The van der Waals surface area contributed by atoms with E-state index in [1.165, 1.54) is 13.0 Å². The monoisotopic (exact) mass is 536 g/mol. The molecule has 3 saturated carbocycles. The Balaban J connectivity index is 1.79. The molecule has 0 bridgehead atoms. The molecule has 8 atom stereocenters. The van der Waals surface area contributed by atoms with Gasteiger partial charge in [-0.15, -0.1) is 0 Å². The molecule has 0 aromatic rings. The summed E-state index contributed by atoms with van der Waals surface area (Å²) in [7, 11) is 0. The van der Waals surface area contributed by atoms with Crippen LogP contribution in [0.25, 0.3) is 0 Å². The normalized spacial score (nSPS) is 41.7. The topological polar surface area (TPSA) is 107 Å². The van der Waals surface area contributed by atoms with Gasteiger partial charge in [-0.25, -0.2) is 8.78 Å². The molecule has 0 spiro atoms. The fourth-order valence-electron chi connectivity index (χ4n) is 8.26. The lowest BCUT2D eigenvalue weighted by molar-refractivity contribution is -0.228. The van der Waals surface area contributed by atoms with Gasteiger partial charge in [0, 0.05) is 35.5 Å². The van der Waals surface area contributed by atoms with E-state index in [-0.39, 0.29) is 37.7 Å². The summed E-state index contributed by atoms with van der Waals surface area (Å²) in [6.07, 6.45) is 1.83. The van der Waals surface area contributed by atoms with Gasteiger partial charge in [-0.3, -0.25) is 19.2 Å². The number of rotatable bonds is 7. The minimum atomic E-state index is -2.31. The van der Waals surface area contributed by atoms with Crippen LogP contribution in [-0.2, 0) is 28.7 Å². The Kier molecular flexibility index (Phi) is 7.26. The fourth-order valence-corrected chi connectivity index (χ4v) is 8.26. The first-order valence-electron chi connectivity index (χ1n) is 13.6. The Hall–Kier alpha value is -2.42. The van der Waals surface area contributed by atoms with Crippen molar-refractivity contribution in [3.8, 4) is 0 Å². The Morgan fingerprint density at radius 3 is 2.47 bits per heavy atom. The third-order valence-corrected chi connectivity index (χ3v) is 10.1. The van der Waals surface area contributed by atoms with Crippen LogP contribution in [-0.4, -0.2) is 52.6 Å². The number of hydrogen-bond donors (Lipinski definition) is 1. The zero-order chi connectivity index (χ0) is 28.3. The summed E-state index contributed by atoms with van der Waals surface area (Å²) in [6.45, 7) is 7.84. The average molecular weight is 537 g/mol. The molecule has 4 rings (SSSR count). The van der Waals surface area contributed by atoms with Gasteiger partial charge in [-0.1, -0.05) is 33.8 Å². The van der Waals surface area contributed by atoms with Gasteiger partial charge in [-0.2, -0.15) is 0 Å². The van der Waals surface area contributed by atoms with E-state index in [4.69, 9.17) is 9.47 Å². The average Bonchev–Trinajstić information content (AvgIpc) is 3.08. The van der Waals surface area contributed by atoms with Crippen LogP contribution in [0.1, 0.15) is 79.6 Å². The number of aliphatic hydroxyl groups is 1. The van der Waals surface area contributed by atoms with Crippen molar-refractivity contribution in [2.24, 2.45) is 28.6 Å². The van der Waals surface area contributed by atoms with Gasteiger partial charge in [-0.05, 0) is 56.6 Å². The van der Waals surface area contributed by atoms with E-state index >= 15 is 4.39 Å². The molecule has 1 N–H and O–H groups in total. The first-order valence-corrected chi connectivity index (χ1v) is 13.6. The second kappa shape index (κ2) is 9.65. The molecule has 4 aliphatic rings. The number of ether oxygens (including phenoxy) is 2. The summed E-state index contributed by atoms with van der Waals surface area (Å²) >= 11 is 0. The molecular weight excluding hydrogens is 498 g/mol. The van der Waals surface area contributed by atoms with Gasteiger partial charge in [0.15, 0.2) is 23.7 Å². The molecule has 0 aromatic carbocycles. The summed E-state index contributed by atoms with van der Waals surface area (Å²) in [5.41, 5.74) is -6.70. The highest BCUT2D eigenvalue weighted by atomic mass is 19.1. The summed E-state index contributed by atoms with van der Waals surface area (Å²) < 4.78 is 43.5. The number of halogens is 2.